The van der Waals surface area contributed by atoms with Gasteiger partial charge in [-0.15, -0.1) is 0 Å². The third-order valence-corrected chi connectivity index (χ3v) is 4.58. The second-order valence-electron chi connectivity index (χ2n) is 5.84. The van der Waals surface area contributed by atoms with Crippen molar-refractivity contribution >= 4 is 10.9 Å². The molecule has 0 saturated carbocycles. The van der Waals surface area contributed by atoms with Crippen LogP contribution in [0.3, 0.4) is 0 Å². The van der Waals surface area contributed by atoms with Crippen LogP contribution in [-0.2, 0) is 4.74 Å². The van der Waals surface area contributed by atoms with Gasteiger partial charge in [0, 0.05) is 43.1 Å². The van der Waals surface area contributed by atoms with E-state index in [2.05, 4.69) is 52.3 Å². The van der Waals surface area contributed by atoms with Crippen molar-refractivity contribution in [2.75, 3.05) is 26.3 Å². The molecule has 23 heavy (non-hydrogen) atoms. The number of aromatic nitrogens is 3. The Labute approximate surface area is 135 Å². The Morgan fingerprint density at radius 3 is 2.61 bits per heavy atom. The molecule has 1 fully saturated rings. The van der Waals surface area contributed by atoms with E-state index in [1.54, 1.807) is 12.4 Å². The number of nitrogens with zero attached hydrogens (tertiary/aromatic N) is 4. The fourth-order valence-electron chi connectivity index (χ4n) is 3.31. The Kier molecular flexibility index (Phi) is 3.81. The fourth-order valence-corrected chi connectivity index (χ4v) is 3.31. The summed E-state index contributed by atoms with van der Waals surface area (Å²) in [7, 11) is 0. The van der Waals surface area contributed by atoms with E-state index in [0.717, 1.165) is 31.8 Å². The number of hydrogen-bond donors (Lipinski definition) is 0. The van der Waals surface area contributed by atoms with Crippen LogP contribution in [0.5, 0.6) is 0 Å². The van der Waals surface area contributed by atoms with Crippen molar-refractivity contribution in [2.45, 2.75) is 13.0 Å². The van der Waals surface area contributed by atoms with Gasteiger partial charge in [-0.3, -0.25) is 9.47 Å². The Bertz CT molecular complexity index is 793. The second kappa shape index (κ2) is 6.10. The number of hydrogen-bond acceptors (Lipinski definition) is 4. The topological polar surface area (TPSA) is 43.2 Å². The van der Waals surface area contributed by atoms with E-state index in [4.69, 9.17) is 4.74 Å². The summed E-state index contributed by atoms with van der Waals surface area (Å²) in [6.45, 7) is 5.88. The number of benzene rings is 1. The molecule has 0 N–H and O–H groups in total. The quantitative estimate of drug-likeness (QED) is 0.746. The van der Waals surface area contributed by atoms with Crippen molar-refractivity contribution in [2.24, 2.45) is 0 Å². The zero-order valence-corrected chi connectivity index (χ0v) is 13.2. The first-order chi connectivity index (χ1) is 11.3. The third kappa shape index (κ3) is 2.62. The maximum absolute atomic E-state index is 5.47. The van der Waals surface area contributed by atoms with Gasteiger partial charge < -0.3 is 4.74 Å². The van der Waals surface area contributed by atoms with Gasteiger partial charge in [-0.25, -0.2) is 9.97 Å². The minimum Gasteiger partial charge on any atom is -0.379 e. The lowest BCUT2D eigenvalue weighted by Crippen LogP contribution is -2.38. The fraction of sp³-hybridized carbons (Fsp3) is 0.333. The van der Waals surface area contributed by atoms with Crippen LogP contribution in [-0.4, -0.2) is 45.7 Å². The molecule has 0 radical (unpaired) electrons. The van der Waals surface area contributed by atoms with Crippen LogP contribution in [0, 0.1) is 0 Å². The van der Waals surface area contributed by atoms with E-state index in [1.807, 2.05) is 10.6 Å². The van der Waals surface area contributed by atoms with E-state index < -0.39 is 0 Å². The molecule has 0 aliphatic carbocycles. The van der Waals surface area contributed by atoms with Gasteiger partial charge in [-0.1, -0.05) is 12.1 Å². The summed E-state index contributed by atoms with van der Waals surface area (Å²) < 4.78 is 7.52. The van der Waals surface area contributed by atoms with Crippen molar-refractivity contribution in [3.8, 4) is 5.95 Å². The van der Waals surface area contributed by atoms with Crippen LogP contribution in [0.1, 0.15) is 18.5 Å². The molecule has 118 valence electrons. The number of rotatable bonds is 3. The summed E-state index contributed by atoms with van der Waals surface area (Å²) in [5.74, 6) is 0.707. The lowest BCUT2D eigenvalue weighted by molar-refractivity contribution is 0.0201. The van der Waals surface area contributed by atoms with Crippen molar-refractivity contribution in [3.63, 3.8) is 0 Å². The normalized spacial score (nSPS) is 17.4. The molecule has 1 unspecified atom stereocenters. The van der Waals surface area contributed by atoms with Crippen molar-refractivity contribution in [1.82, 2.24) is 19.4 Å². The summed E-state index contributed by atoms with van der Waals surface area (Å²) in [6, 6.07) is 10.8. The number of ether oxygens (including phenoxy) is 1. The first-order valence-corrected chi connectivity index (χ1v) is 8.04. The van der Waals surface area contributed by atoms with Crippen molar-refractivity contribution in [1.29, 1.82) is 0 Å². The molecule has 1 aromatic carbocycles. The number of fused-ring (bicyclic) bond motifs is 1. The maximum Gasteiger partial charge on any atom is 0.234 e. The minimum absolute atomic E-state index is 0.371. The predicted octanol–water partition coefficient (Wildman–Crippen LogP) is 2.81. The number of morpholine rings is 1. The summed E-state index contributed by atoms with van der Waals surface area (Å²) in [5.41, 5.74) is 2.49. The van der Waals surface area contributed by atoms with Crippen LogP contribution < -0.4 is 0 Å². The molecule has 1 aliphatic heterocycles. The van der Waals surface area contributed by atoms with Crippen LogP contribution >= 0.6 is 0 Å². The monoisotopic (exact) mass is 308 g/mol. The zero-order valence-electron chi connectivity index (χ0n) is 13.2. The molecular formula is C18H20N4O. The highest BCUT2D eigenvalue weighted by Crippen LogP contribution is 2.30. The minimum atomic E-state index is 0.371. The van der Waals surface area contributed by atoms with Gasteiger partial charge in [0.2, 0.25) is 5.95 Å². The summed E-state index contributed by atoms with van der Waals surface area (Å²) in [6.07, 6.45) is 5.60. The highest BCUT2D eigenvalue weighted by Gasteiger charge is 2.21. The molecule has 5 heteroatoms. The summed E-state index contributed by atoms with van der Waals surface area (Å²) in [4.78, 5) is 11.2. The molecular weight excluding hydrogens is 288 g/mol. The van der Waals surface area contributed by atoms with Crippen molar-refractivity contribution < 1.29 is 4.74 Å². The lowest BCUT2D eigenvalue weighted by Gasteiger charge is -2.32. The predicted molar refractivity (Wildman–Crippen MR) is 89.7 cm³/mol. The molecule has 1 aliphatic rings. The highest BCUT2D eigenvalue weighted by molar-refractivity contribution is 5.85. The molecule has 4 rings (SSSR count). The Hall–Kier alpha value is -2.24. The van der Waals surface area contributed by atoms with Crippen LogP contribution in [0.25, 0.3) is 16.9 Å². The van der Waals surface area contributed by atoms with E-state index >= 15 is 0 Å². The van der Waals surface area contributed by atoms with Gasteiger partial charge in [0.1, 0.15) is 0 Å². The average Bonchev–Trinajstić information content (AvgIpc) is 3.07. The van der Waals surface area contributed by atoms with E-state index in [1.165, 1.54) is 10.9 Å². The molecule has 1 atom stereocenters. The second-order valence-corrected chi connectivity index (χ2v) is 5.84. The van der Waals surface area contributed by atoms with Gasteiger partial charge in [-0.05, 0) is 30.7 Å². The molecule has 0 spiro atoms. The Balaban J connectivity index is 1.76. The van der Waals surface area contributed by atoms with Crippen LogP contribution in [0.15, 0.2) is 48.9 Å². The van der Waals surface area contributed by atoms with E-state index in [0.29, 0.717) is 12.0 Å². The van der Waals surface area contributed by atoms with Gasteiger partial charge in [0.15, 0.2) is 0 Å². The molecule has 2 aromatic heterocycles. The molecule has 0 bridgehead atoms. The van der Waals surface area contributed by atoms with Crippen LogP contribution in [0.4, 0.5) is 0 Å². The van der Waals surface area contributed by atoms with E-state index in [9.17, 15) is 0 Å². The molecule has 1 saturated heterocycles. The van der Waals surface area contributed by atoms with Gasteiger partial charge in [0.05, 0.1) is 18.7 Å². The Morgan fingerprint density at radius 2 is 1.83 bits per heavy atom. The summed E-state index contributed by atoms with van der Waals surface area (Å²) in [5, 5.41) is 1.26. The maximum atomic E-state index is 5.47. The SMILES string of the molecule is CC(c1cccc2c1ccn2-c1ncccn1)N1CCOCC1. The van der Waals surface area contributed by atoms with E-state index in [-0.39, 0.29) is 0 Å². The molecule has 5 nitrogen and oxygen atoms in total. The van der Waals surface area contributed by atoms with Crippen LogP contribution in [0.2, 0.25) is 0 Å². The summed E-state index contributed by atoms with van der Waals surface area (Å²) >= 11 is 0. The molecule has 0 amide bonds. The largest absolute Gasteiger partial charge is 0.379 e. The standard InChI is InChI=1S/C18H20N4O/c1-14(21-10-12-23-13-11-21)15-4-2-5-17-16(15)6-9-22(17)18-19-7-3-8-20-18/h2-9,14H,10-13H2,1H3. The Morgan fingerprint density at radius 1 is 1.04 bits per heavy atom. The highest BCUT2D eigenvalue weighted by atomic mass is 16.5. The smallest absolute Gasteiger partial charge is 0.234 e. The lowest BCUT2D eigenvalue weighted by atomic mass is 10.0. The van der Waals surface area contributed by atoms with Gasteiger partial charge in [-0.2, -0.15) is 0 Å². The first-order valence-electron chi connectivity index (χ1n) is 8.04. The first kappa shape index (κ1) is 14.4. The molecule has 3 heterocycles. The third-order valence-electron chi connectivity index (χ3n) is 4.58. The van der Waals surface area contributed by atoms with Gasteiger partial charge >= 0.3 is 0 Å². The van der Waals surface area contributed by atoms with Gasteiger partial charge in [0.25, 0.3) is 0 Å². The molecule has 3 aromatic rings. The van der Waals surface area contributed by atoms with Crippen molar-refractivity contribution in [3.05, 3.63) is 54.5 Å². The average molecular weight is 308 g/mol. The zero-order chi connectivity index (χ0) is 15.6.